The normalized spacial score (nSPS) is 13.1. The highest BCUT2D eigenvalue weighted by atomic mass is 32.2. The Balaban J connectivity index is 1.83. The minimum Gasteiger partial charge on any atom is -0.497 e. The lowest BCUT2D eigenvalue weighted by molar-refractivity contribution is -0.112. The molecular weight excluding hydrogens is 342 g/mol. The van der Waals surface area contributed by atoms with Crippen LogP contribution in [0.25, 0.3) is 6.08 Å². The monoisotopic (exact) mass is 361 g/mol. The molecule has 1 amide bonds. The van der Waals surface area contributed by atoms with Crippen molar-refractivity contribution in [3.05, 3.63) is 44.0 Å². The number of aryl methyl sites for hydroxylation is 1. The first-order valence-corrected chi connectivity index (χ1v) is 9.29. The summed E-state index contributed by atoms with van der Waals surface area (Å²) < 4.78 is 10.5. The molecule has 0 bridgehead atoms. The van der Waals surface area contributed by atoms with Gasteiger partial charge in [-0.1, -0.05) is 0 Å². The second kappa shape index (κ2) is 6.91. The van der Waals surface area contributed by atoms with Crippen molar-refractivity contribution in [2.45, 2.75) is 19.6 Å². The van der Waals surface area contributed by atoms with E-state index < -0.39 is 0 Å². The number of carbonyl (C=O) groups excluding carboxylic acids is 1. The van der Waals surface area contributed by atoms with Crippen LogP contribution in [-0.4, -0.2) is 20.1 Å². The van der Waals surface area contributed by atoms with E-state index in [0.29, 0.717) is 17.2 Å². The fourth-order valence-electron chi connectivity index (χ4n) is 2.51. The molecule has 1 aromatic carbocycles. The van der Waals surface area contributed by atoms with Crippen LogP contribution in [0, 0.1) is 13.8 Å². The summed E-state index contributed by atoms with van der Waals surface area (Å²) in [7, 11) is 3.17. The van der Waals surface area contributed by atoms with Crippen molar-refractivity contribution in [2.24, 2.45) is 0 Å². The number of amides is 1. The van der Waals surface area contributed by atoms with Crippen LogP contribution in [0.2, 0.25) is 0 Å². The minimum atomic E-state index is -0.107. The van der Waals surface area contributed by atoms with Crippen molar-refractivity contribution in [1.29, 1.82) is 0 Å². The van der Waals surface area contributed by atoms with Gasteiger partial charge in [-0.2, -0.15) is 0 Å². The third-order valence-electron chi connectivity index (χ3n) is 4.01. The predicted molar refractivity (Wildman–Crippen MR) is 101 cm³/mol. The van der Waals surface area contributed by atoms with Gasteiger partial charge in [0.1, 0.15) is 11.5 Å². The molecule has 0 unspecified atom stereocenters. The molecule has 0 atom stereocenters. The highest BCUT2D eigenvalue weighted by Gasteiger charge is 2.21. The molecule has 0 aliphatic carbocycles. The molecule has 0 spiro atoms. The van der Waals surface area contributed by atoms with Gasteiger partial charge in [0.25, 0.3) is 5.91 Å². The predicted octanol–water partition coefficient (Wildman–Crippen LogP) is 4.61. The van der Waals surface area contributed by atoms with E-state index in [9.17, 15) is 4.79 Å². The largest absolute Gasteiger partial charge is 0.497 e. The van der Waals surface area contributed by atoms with E-state index in [4.69, 9.17) is 9.47 Å². The second-order valence-corrected chi connectivity index (χ2v) is 7.75. The Hall–Kier alpha value is -1.92. The Kier molecular flexibility index (Phi) is 4.87. The first-order chi connectivity index (χ1) is 11.5. The van der Waals surface area contributed by atoms with E-state index in [2.05, 4.69) is 19.2 Å². The molecule has 3 rings (SSSR count). The number of ether oxygens (including phenoxy) is 2. The molecule has 126 valence electrons. The van der Waals surface area contributed by atoms with Crippen molar-refractivity contribution in [1.82, 2.24) is 0 Å². The lowest BCUT2D eigenvalue weighted by Gasteiger charge is -2.14. The third kappa shape index (κ3) is 3.30. The molecule has 2 aromatic rings. The Bertz CT molecular complexity index is 802. The van der Waals surface area contributed by atoms with Crippen LogP contribution in [0.5, 0.6) is 11.5 Å². The number of thioether (sulfide) groups is 1. The van der Waals surface area contributed by atoms with Gasteiger partial charge in [0.15, 0.2) is 0 Å². The molecule has 0 fully saturated rings. The van der Waals surface area contributed by atoms with Gasteiger partial charge in [-0.05, 0) is 31.1 Å². The number of fused-ring (bicyclic) bond motifs is 1. The number of thiophene rings is 1. The van der Waals surface area contributed by atoms with Crippen LogP contribution >= 0.6 is 23.1 Å². The number of carbonyl (C=O) groups is 1. The zero-order valence-electron chi connectivity index (χ0n) is 14.1. The Morgan fingerprint density at radius 2 is 1.79 bits per heavy atom. The van der Waals surface area contributed by atoms with E-state index in [1.165, 1.54) is 20.9 Å². The van der Waals surface area contributed by atoms with E-state index in [1.807, 2.05) is 6.08 Å². The molecule has 6 heteroatoms. The molecule has 0 saturated heterocycles. The van der Waals surface area contributed by atoms with Gasteiger partial charge in [0.05, 0.1) is 19.1 Å². The maximum absolute atomic E-state index is 12.6. The lowest BCUT2D eigenvalue weighted by Crippen LogP contribution is -2.14. The number of hydrogen-bond acceptors (Lipinski definition) is 5. The van der Waals surface area contributed by atoms with Crippen molar-refractivity contribution < 1.29 is 14.3 Å². The van der Waals surface area contributed by atoms with Crippen molar-refractivity contribution in [2.75, 3.05) is 19.5 Å². The summed E-state index contributed by atoms with van der Waals surface area (Å²) >= 11 is 3.32. The van der Waals surface area contributed by atoms with Crippen molar-refractivity contribution >= 4 is 40.8 Å². The summed E-state index contributed by atoms with van der Waals surface area (Å²) in [5, 5.41) is 2.93. The molecule has 1 N–H and O–H groups in total. The summed E-state index contributed by atoms with van der Waals surface area (Å²) in [6, 6.07) is 5.33. The van der Waals surface area contributed by atoms with E-state index in [-0.39, 0.29) is 5.91 Å². The topological polar surface area (TPSA) is 47.6 Å². The fraction of sp³-hybridized carbons (Fsp3) is 0.278. The summed E-state index contributed by atoms with van der Waals surface area (Å²) in [4.78, 5) is 15.8. The molecule has 1 aromatic heterocycles. The molecule has 1 aliphatic heterocycles. The van der Waals surface area contributed by atoms with Crippen LogP contribution in [-0.2, 0) is 10.5 Å². The van der Waals surface area contributed by atoms with Gasteiger partial charge < -0.3 is 14.8 Å². The fourth-order valence-corrected chi connectivity index (χ4v) is 4.86. The zero-order chi connectivity index (χ0) is 17.3. The van der Waals surface area contributed by atoms with Crippen LogP contribution in [0.1, 0.15) is 20.9 Å². The summed E-state index contributed by atoms with van der Waals surface area (Å²) in [5.41, 5.74) is 3.35. The first kappa shape index (κ1) is 16.9. The van der Waals surface area contributed by atoms with Crippen LogP contribution in [0.4, 0.5) is 5.69 Å². The highest BCUT2D eigenvalue weighted by molar-refractivity contribution is 8.03. The number of hydrogen-bond donors (Lipinski definition) is 1. The molecule has 0 radical (unpaired) electrons. The molecule has 0 saturated carbocycles. The second-order valence-electron chi connectivity index (χ2n) is 5.48. The number of rotatable bonds is 4. The summed E-state index contributed by atoms with van der Waals surface area (Å²) in [6.45, 7) is 4.27. The molecule has 1 aliphatic rings. The summed E-state index contributed by atoms with van der Waals surface area (Å²) in [6.07, 6.45) is 1.99. The minimum absolute atomic E-state index is 0.107. The average molecular weight is 361 g/mol. The molecular formula is C18H19NO3S2. The maximum atomic E-state index is 12.6. The van der Waals surface area contributed by atoms with Crippen molar-refractivity contribution in [3.63, 3.8) is 0 Å². The SMILES string of the molecule is COc1cc(NC(=O)C2=Cc3sc(C)c(C)c3CS2)cc(OC)c1. The standard InChI is InChI=1S/C18H19NO3S2/c1-10-11(2)24-16-8-17(23-9-15(10)16)18(20)19-12-5-13(21-3)7-14(6-12)22-4/h5-8H,9H2,1-4H3,(H,19,20). The van der Waals surface area contributed by atoms with E-state index in [1.54, 1.807) is 55.5 Å². The van der Waals surface area contributed by atoms with Crippen LogP contribution < -0.4 is 14.8 Å². The Morgan fingerprint density at radius 1 is 1.12 bits per heavy atom. The van der Waals surface area contributed by atoms with Gasteiger partial charge in [0.2, 0.25) is 0 Å². The van der Waals surface area contributed by atoms with Crippen molar-refractivity contribution in [3.8, 4) is 11.5 Å². The summed E-state index contributed by atoms with van der Waals surface area (Å²) in [5.74, 6) is 2.01. The molecule has 4 nitrogen and oxygen atoms in total. The lowest BCUT2D eigenvalue weighted by atomic mass is 10.1. The van der Waals surface area contributed by atoms with Gasteiger partial charge >= 0.3 is 0 Å². The number of nitrogens with one attached hydrogen (secondary N) is 1. The number of anilines is 1. The smallest absolute Gasteiger partial charge is 0.262 e. The van der Waals surface area contributed by atoms with E-state index in [0.717, 1.165) is 10.7 Å². The average Bonchev–Trinajstić information content (AvgIpc) is 2.88. The number of benzene rings is 1. The van der Waals surface area contributed by atoms with Gasteiger partial charge in [-0.25, -0.2) is 0 Å². The van der Waals surface area contributed by atoms with Crippen LogP contribution in [0.15, 0.2) is 23.1 Å². The van der Waals surface area contributed by atoms with Gasteiger partial charge in [-0.3, -0.25) is 4.79 Å². The molecule has 24 heavy (non-hydrogen) atoms. The van der Waals surface area contributed by atoms with Crippen LogP contribution in [0.3, 0.4) is 0 Å². The highest BCUT2D eigenvalue weighted by Crippen LogP contribution is 2.39. The van der Waals surface area contributed by atoms with Gasteiger partial charge in [-0.15, -0.1) is 23.1 Å². The first-order valence-electron chi connectivity index (χ1n) is 7.49. The zero-order valence-corrected chi connectivity index (χ0v) is 15.7. The van der Waals surface area contributed by atoms with Gasteiger partial charge in [0, 0.05) is 39.4 Å². The Labute approximate surface area is 149 Å². The molecule has 2 heterocycles. The third-order valence-corrected chi connectivity index (χ3v) is 6.25. The quantitative estimate of drug-likeness (QED) is 0.864. The van der Waals surface area contributed by atoms with E-state index >= 15 is 0 Å². The Morgan fingerprint density at radius 3 is 2.42 bits per heavy atom. The maximum Gasteiger partial charge on any atom is 0.262 e. The number of methoxy groups -OCH3 is 2.